The highest BCUT2D eigenvalue weighted by atomic mass is 16.5. The summed E-state index contributed by atoms with van der Waals surface area (Å²) >= 11 is 0. The van der Waals surface area contributed by atoms with Crippen LogP contribution in [0.4, 0.5) is 0 Å². The average molecular weight is 240 g/mol. The number of hydrogen-bond acceptors (Lipinski definition) is 3. The molecule has 0 aromatic rings. The SMILES string of the molecule is C1CNCC(CCNCCC2CCOCC2)C1. The van der Waals surface area contributed by atoms with Crippen molar-refractivity contribution < 1.29 is 4.74 Å². The molecule has 2 saturated heterocycles. The summed E-state index contributed by atoms with van der Waals surface area (Å²) < 4.78 is 5.38. The zero-order valence-electron chi connectivity index (χ0n) is 11.0. The highest BCUT2D eigenvalue weighted by Crippen LogP contribution is 2.17. The fourth-order valence-electron chi connectivity index (χ4n) is 2.94. The second kappa shape index (κ2) is 8.06. The van der Waals surface area contributed by atoms with Crippen molar-refractivity contribution in [3.05, 3.63) is 0 Å². The van der Waals surface area contributed by atoms with E-state index in [1.54, 1.807) is 0 Å². The van der Waals surface area contributed by atoms with Crippen molar-refractivity contribution in [3.63, 3.8) is 0 Å². The summed E-state index contributed by atoms with van der Waals surface area (Å²) in [6.07, 6.45) is 8.02. The molecule has 0 aromatic heterocycles. The standard InChI is InChI=1S/C14H28N2O/c1-2-14(12-16-7-1)4-9-15-8-3-13-5-10-17-11-6-13/h13-16H,1-12H2. The lowest BCUT2D eigenvalue weighted by molar-refractivity contribution is 0.0639. The van der Waals surface area contributed by atoms with Crippen molar-refractivity contribution >= 4 is 0 Å². The lowest BCUT2D eigenvalue weighted by Crippen LogP contribution is -2.32. The summed E-state index contributed by atoms with van der Waals surface area (Å²) in [5, 5.41) is 7.10. The third-order valence-electron chi connectivity index (χ3n) is 4.20. The Morgan fingerprint density at radius 3 is 2.47 bits per heavy atom. The molecule has 0 amide bonds. The third kappa shape index (κ3) is 5.36. The van der Waals surface area contributed by atoms with Crippen molar-refractivity contribution in [2.45, 2.75) is 38.5 Å². The van der Waals surface area contributed by atoms with Crippen LogP contribution in [-0.2, 0) is 4.74 Å². The van der Waals surface area contributed by atoms with Crippen LogP contribution in [-0.4, -0.2) is 39.4 Å². The molecule has 0 saturated carbocycles. The molecule has 0 aliphatic carbocycles. The van der Waals surface area contributed by atoms with Gasteiger partial charge in [-0.2, -0.15) is 0 Å². The highest BCUT2D eigenvalue weighted by molar-refractivity contribution is 4.70. The summed E-state index contributed by atoms with van der Waals surface area (Å²) in [5.41, 5.74) is 0. The van der Waals surface area contributed by atoms with Crippen LogP contribution in [0.1, 0.15) is 38.5 Å². The largest absolute Gasteiger partial charge is 0.381 e. The number of ether oxygens (including phenoxy) is 1. The van der Waals surface area contributed by atoms with E-state index in [0.29, 0.717) is 0 Å². The van der Waals surface area contributed by atoms with Crippen molar-refractivity contribution in [1.82, 2.24) is 10.6 Å². The fourth-order valence-corrected chi connectivity index (χ4v) is 2.94. The van der Waals surface area contributed by atoms with E-state index in [1.807, 2.05) is 0 Å². The van der Waals surface area contributed by atoms with Crippen LogP contribution < -0.4 is 10.6 Å². The molecule has 1 unspecified atom stereocenters. The molecule has 2 aliphatic rings. The van der Waals surface area contributed by atoms with Crippen molar-refractivity contribution in [3.8, 4) is 0 Å². The van der Waals surface area contributed by atoms with Gasteiger partial charge in [-0.1, -0.05) is 0 Å². The molecule has 0 spiro atoms. The van der Waals surface area contributed by atoms with Crippen LogP contribution in [0.2, 0.25) is 0 Å². The summed E-state index contributed by atoms with van der Waals surface area (Å²) in [7, 11) is 0. The highest BCUT2D eigenvalue weighted by Gasteiger charge is 2.14. The minimum absolute atomic E-state index is 0.910. The second-order valence-electron chi connectivity index (χ2n) is 5.60. The van der Waals surface area contributed by atoms with Gasteiger partial charge in [0.25, 0.3) is 0 Å². The molecule has 2 rings (SSSR count). The molecular weight excluding hydrogens is 212 g/mol. The Hall–Kier alpha value is -0.120. The Kier molecular flexibility index (Phi) is 6.32. The lowest BCUT2D eigenvalue weighted by atomic mass is 9.95. The number of piperidine rings is 1. The van der Waals surface area contributed by atoms with Gasteiger partial charge in [-0.05, 0) is 76.5 Å². The van der Waals surface area contributed by atoms with Crippen molar-refractivity contribution in [2.24, 2.45) is 11.8 Å². The van der Waals surface area contributed by atoms with Gasteiger partial charge >= 0.3 is 0 Å². The van der Waals surface area contributed by atoms with Gasteiger partial charge in [0.2, 0.25) is 0 Å². The Morgan fingerprint density at radius 2 is 1.76 bits per heavy atom. The van der Waals surface area contributed by atoms with E-state index in [2.05, 4.69) is 10.6 Å². The Bertz CT molecular complexity index is 167. The normalized spacial score (nSPS) is 27.2. The van der Waals surface area contributed by atoms with Crippen LogP contribution in [0.25, 0.3) is 0 Å². The minimum atomic E-state index is 0.910. The van der Waals surface area contributed by atoms with Gasteiger partial charge in [0.05, 0.1) is 0 Å². The van der Waals surface area contributed by atoms with Crippen molar-refractivity contribution in [1.29, 1.82) is 0 Å². The molecule has 1 atom stereocenters. The van der Waals surface area contributed by atoms with E-state index in [0.717, 1.165) is 25.0 Å². The van der Waals surface area contributed by atoms with E-state index in [4.69, 9.17) is 4.74 Å². The molecular formula is C14H28N2O. The monoisotopic (exact) mass is 240 g/mol. The molecule has 0 aromatic carbocycles. The van der Waals surface area contributed by atoms with Crippen LogP contribution in [0.3, 0.4) is 0 Å². The van der Waals surface area contributed by atoms with Crippen LogP contribution >= 0.6 is 0 Å². The fraction of sp³-hybridized carbons (Fsp3) is 1.00. The summed E-state index contributed by atoms with van der Waals surface area (Å²) in [6, 6.07) is 0. The minimum Gasteiger partial charge on any atom is -0.381 e. The third-order valence-corrected chi connectivity index (χ3v) is 4.20. The number of hydrogen-bond donors (Lipinski definition) is 2. The molecule has 0 radical (unpaired) electrons. The molecule has 2 aliphatic heterocycles. The van der Waals surface area contributed by atoms with Crippen molar-refractivity contribution in [2.75, 3.05) is 39.4 Å². The van der Waals surface area contributed by atoms with E-state index in [9.17, 15) is 0 Å². The Balaban J connectivity index is 1.42. The summed E-state index contributed by atoms with van der Waals surface area (Å²) in [6.45, 7) is 6.84. The molecule has 2 heterocycles. The first kappa shape index (κ1) is 13.3. The first-order valence-corrected chi connectivity index (χ1v) is 7.44. The van der Waals surface area contributed by atoms with Crippen LogP contribution in [0, 0.1) is 11.8 Å². The van der Waals surface area contributed by atoms with Crippen LogP contribution in [0.15, 0.2) is 0 Å². The van der Waals surface area contributed by atoms with Gasteiger partial charge < -0.3 is 15.4 Å². The Labute approximate surface area is 106 Å². The predicted octanol–water partition coefficient (Wildman–Crippen LogP) is 1.78. The van der Waals surface area contributed by atoms with E-state index in [1.165, 1.54) is 64.7 Å². The smallest absolute Gasteiger partial charge is 0.0468 e. The predicted molar refractivity (Wildman–Crippen MR) is 71.2 cm³/mol. The second-order valence-corrected chi connectivity index (χ2v) is 5.60. The van der Waals surface area contributed by atoms with E-state index >= 15 is 0 Å². The van der Waals surface area contributed by atoms with Gasteiger partial charge in [-0.3, -0.25) is 0 Å². The first-order chi connectivity index (χ1) is 8.45. The van der Waals surface area contributed by atoms with Gasteiger partial charge in [0.1, 0.15) is 0 Å². The molecule has 3 nitrogen and oxygen atoms in total. The summed E-state index contributed by atoms with van der Waals surface area (Å²) in [4.78, 5) is 0. The van der Waals surface area contributed by atoms with E-state index < -0.39 is 0 Å². The van der Waals surface area contributed by atoms with Gasteiger partial charge in [0.15, 0.2) is 0 Å². The van der Waals surface area contributed by atoms with Gasteiger partial charge in [-0.25, -0.2) is 0 Å². The Morgan fingerprint density at radius 1 is 1.00 bits per heavy atom. The average Bonchev–Trinajstić information content (AvgIpc) is 2.41. The molecule has 2 N–H and O–H groups in total. The maximum Gasteiger partial charge on any atom is 0.0468 e. The van der Waals surface area contributed by atoms with E-state index in [-0.39, 0.29) is 0 Å². The first-order valence-electron chi connectivity index (χ1n) is 7.44. The topological polar surface area (TPSA) is 33.3 Å². The summed E-state index contributed by atoms with van der Waals surface area (Å²) in [5.74, 6) is 1.83. The molecule has 2 fully saturated rings. The molecule has 17 heavy (non-hydrogen) atoms. The maximum absolute atomic E-state index is 5.38. The zero-order valence-corrected chi connectivity index (χ0v) is 11.0. The molecule has 3 heteroatoms. The van der Waals surface area contributed by atoms with Gasteiger partial charge in [-0.15, -0.1) is 0 Å². The lowest BCUT2D eigenvalue weighted by Gasteiger charge is -2.24. The van der Waals surface area contributed by atoms with Crippen LogP contribution in [0.5, 0.6) is 0 Å². The molecule has 100 valence electrons. The zero-order chi connectivity index (χ0) is 11.8. The maximum atomic E-state index is 5.38. The quantitative estimate of drug-likeness (QED) is 0.694. The van der Waals surface area contributed by atoms with Gasteiger partial charge in [0, 0.05) is 13.2 Å². The molecule has 0 bridgehead atoms. The number of rotatable bonds is 6. The number of nitrogens with one attached hydrogen (secondary N) is 2.